The van der Waals surface area contributed by atoms with Crippen LogP contribution in [0.5, 0.6) is 0 Å². The summed E-state index contributed by atoms with van der Waals surface area (Å²) in [6.45, 7) is 1.31. The Morgan fingerprint density at radius 3 is 2.87 bits per heavy atom. The van der Waals surface area contributed by atoms with E-state index in [1.54, 1.807) is 0 Å². The molecule has 5 heteroatoms. The summed E-state index contributed by atoms with van der Waals surface area (Å²) in [5, 5.41) is 1.84. The number of rotatable bonds is 6. The quantitative estimate of drug-likeness (QED) is 0.559. The Kier molecular flexibility index (Phi) is 4.84. The molecule has 0 aromatic carbocycles. The van der Waals surface area contributed by atoms with Gasteiger partial charge in [-0.2, -0.15) is 0 Å². The van der Waals surface area contributed by atoms with Crippen molar-refractivity contribution >= 4 is 17.1 Å². The number of Topliss-reactive ketones (excluding diaryl/α,β-unsaturated/α-hetero) is 1. The van der Waals surface area contributed by atoms with E-state index in [1.807, 2.05) is 18.4 Å². The second kappa shape index (κ2) is 5.92. The number of carbonyl (C=O) groups excluding carboxylic acids is 1. The zero-order valence-electron chi connectivity index (χ0n) is 8.33. The molecule has 0 N–H and O–H groups in total. The monoisotopic (exact) mass is 234 g/mol. The van der Waals surface area contributed by atoms with Gasteiger partial charge in [0.05, 0.1) is 11.5 Å². The fourth-order valence-electron chi connectivity index (χ4n) is 1.11. The molecule has 0 saturated carbocycles. The number of aryl methyl sites for hydroxylation is 1. The van der Waals surface area contributed by atoms with Crippen molar-refractivity contribution in [1.82, 2.24) is 0 Å². The van der Waals surface area contributed by atoms with E-state index in [-0.39, 0.29) is 18.8 Å². The summed E-state index contributed by atoms with van der Waals surface area (Å²) in [6, 6.07) is 1.86. The van der Waals surface area contributed by atoms with E-state index < -0.39 is 13.0 Å². The maximum atomic E-state index is 11.7. The van der Waals surface area contributed by atoms with Crippen molar-refractivity contribution < 1.29 is 18.3 Å². The first-order valence-electron chi connectivity index (χ1n) is 4.54. The lowest BCUT2D eigenvalue weighted by Gasteiger charge is -2.02. The lowest BCUT2D eigenvalue weighted by Crippen LogP contribution is -2.09. The molecule has 0 saturated heterocycles. The largest absolute Gasteiger partial charge is 0.375 e. The van der Waals surface area contributed by atoms with Crippen LogP contribution in [0.4, 0.5) is 8.78 Å². The van der Waals surface area contributed by atoms with Gasteiger partial charge in [0.15, 0.2) is 5.78 Å². The van der Waals surface area contributed by atoms with Crippen LogP contribution in [0, 0.1) is 6.92 Å². The number of halogens is 2. The summed E-state index contributed by atoms with van der Waals surface area (Å²) in [6.07, 6.45) is -2.31. The van der Waals surface area contributed by atoms with Gasteiger partial charge < -0.3 is 4.74 Å². The highest BCUT2D eigenvalue weighted by atomic mass is 32.1. The van der Waals surface area contributed by atoms with E-state index in [0.717, 1.165) is 5.56 Å². The van der Waals surface area contributed by atoms with Crippen LogP contribution in [0.15, 0.2) is 11.4 Å². The second-order valence-corrected chi connectivity index (χ2v) is 3.99. The van der Waals surface area contributed by atoms with Crippen LogP contribution in [-0.2, 0) is 4.74 Å². The lowest BCUT2D eigenvalue weighted by molar-refractivity contribution is 0.0170. The highest BCUT2D eigenvalue weighted by molar-refractivity contribution is 7.12. The molecule has 0 atom stereocenters. The van der Waals surface area contributed by atoms with Crippen LogP contribution in [0.3, 0.4) is 0 Å². The van der Waals surface area contributed by atoms with Crippen molar-refractivity contribution in [3.63, 3.8) is 0 Å². The lowest BCUT2D eigenvalue weighted by atomic mass is 10.2. The van der Waals surface area contributed by atoms with Gasteiger partial charge in [0.25, 0.3) is 6.43 Å². The molecule has 0 radical (unpaired) electrons. The highest BCUT2D eigenvalue weighted by Crippen LogP contribution is 2.17. The zero-order chi connectivity index (χ0) is 11.3. The molecule has 0 aliphatic carbocycles. The maximum absolute atomic E-state index is 11.7. The van der Waals surface area contributed by atoms with Crippen LogP contribution in [0.2, 0.25) is 0 Å². The van der Waals surface area contributed by atoms with Crippen molar-refractivity contribution in [3.8, 4) is 0 Å². The standard InChI is InChI=1S/C10H12F2O2S/c1-7-3-5-15-10(7)8(13)2-4-14-6-9(11)12/h3,5,9H,2,4,6H2,1H3. The number of carbonyl (C=O) groups is 1. The molecule has 15 heavy (non-hydrogen) atoms. The molecule has 0 fully saturated rings. The molecule has 0 unspecified atom stereocenters. The fourth-order valence-corrected chi connectivity index (χ4v) is 2.00. The van der Waals surface area contributed by atoms with Crippen LogP contribution in [-0.4, -0.2) is 25.4 Å². The molecule has 2 nitrogen and oxygen atoms in total. The van der Waals surface area contributed by atoms with Crippen molar-refractivity contribution in [2.45, 2.75) is 19.8 Å². The Morgan fingerprint density at radius 1 is 1.60 bits per heavy atom. The molecule has 0 aliphatic rings. The number of alkyl halides is 2. The van der Waals surface area contributed by atoms with E-state index in [1.165, 1.54) is 11.3 Å². The minimum Gasteiger partial charge on any atom is -0.375 e. The van der Waals surface area contributed by atoms with Crippen LogP contribution >= 0.6 is 11.3 Å². The summed E-state index contributed by atoms with van der Waals surface area (Å²) in [4.78, 5) is 12.2. The Bertz CT molecular complexity index is 323. The van der Waals surface area contributed by atoms with Gasteiger partial charge in [-0.25, -0.2) is 8.78 Å². The van der Waals surface area contributed by atoms with Gasteiger partial charge in [0.2, 0.25) is 0 Å². The van der Waals surface area contributed by atoms with Gasteiger partial charge in [0.1, 0.15) is 6.61 Å². The smallest absolute Gasteiger partial charge is 0.261 e. The van der Waals surface area contributed by atoms with E-state index in [9.17, 15) is 13.6 Å². The van der Waals surface area contributed by atoms with E-state index in [4.69, 9.17) is 0 Å². The Morgan fingerprint density at radius 2 is 2.33 bits per heavy atom. The normalized spacial score (nSPS) is 10.9. The summed E-state index contributed by atoms with van der Waals surface area (Å²) in [5.41, 5.74) is 0.929. The number of ketones is 1. The average molecular weight is 234 g/mol. The Labute approximate surface area is 90.9 Å². The van der Waals surface area contributed by atoms with Crippen molar-refractivity contribution in [1.29, 1.82) is 0 Å². The average Bonchev–Trinajstić information content (AvgIpc) is 2.58. The number of hydrogen-bond acceptors (Lipinski definition) is 3. The third-order valence-corrected chi connectivity index (χ3v) is 2.89. The van der Waals surface area contributed by atoms with Crippen LogP contribution < -0.4 is 0 Å². The zero-order valence-corrected chi connectivity index (χ0v) is 9.15. The molecule has 0 aliphatic heterocycles. The maximum Gasteiger partial charge on any atom is 0.261 e. The molecular weight excluding hydrogens is 222 g/mol. The number of ether oxygens (including phenoxy) is 1. The minimum atomic E-state index is -2.47. The van der Waals surface area contributed by atoms with E-state index >= 15 is 0 Å². The molecule has 84 valence electrons. The molecule has 1 heterocycles. The number of hydrogen-bond donors (Lipinski definition) is 0. The van der Waals surface area contributed by atoms with Crippen molar-refractivity contribution in [2.75, 3.05) is 13.2 Å². The first kappa shape index (κ1) is 12.3. The summed E-state index contributed by atoms with van der Waals surface area (Å²) in [5.74, 6) is -0.0447. The predicted molar refractivity (Wildman–Crippen MR) is 54.8 cm³/mol. The third kappa shape index (κ3) is 4.05. The molecule has 0 bridgehead atoms. The van der Waals surface area contributed by atoms with E-state index in [2.05, 4.69) is 4.74 Å². The van der Waals surface area contributed by atoms with Gasteiger partial charge in [-0.1, -0.05) is 0 Å². The molecule has 1 rings (SSSR count). The van der Waals surface area contributed by atoms with Crippen LogP contribution in [0.25, 0.3) is 0 Å². The predicted octanol–water partition coefficient (Wildman–Crippen LogP) is 2.91. The van der Waals surface area contributed by atoms with E-state index in [0.29, 0.717) is 4.88 Å². The van der Waals surface area contributed by atoms with Gasteiger partial charge in [-0.15, -0.1) is 11.3 Å². The van der Waals surface area contributed by atoms with Crippen LogP contribution in [0.1, 0.15) is 21.7 Å². The Hall–Kier alpha value is -0.810. The molecule has 1 aromatic rings. The summed E-state index contributed by atoms with van der Waals surface area (Å²) < 4.78 is 28.0. The minimum absolute atomic E-state index is 0.0447. The fraction of sp³-hybridized carbons (Fsp3) is 0.500. The Balaban J connectivity index is 2.28. The molecule has 0 amide bonds. The number of thiophene rings is 1. The van der Waals surface area contributed by atoms with Gasteiger partial charge in [-0.3, -0.25) is 4.79 Å². The molecule has 1 aromatic heterocycles. The first-order chi connectivity index (χ1) is 7.11. The van der Waals surface area contributed by atoms with Crippen molar-refractivity contribution in [2.24, 2.45) is 0 Å². The van der Waals surface area contributed by atoms with Crippen molar-refractivity contribution in [3.05, 3.63) is 21.9 Å². The second-order valence-electron chi connectivity index (χ2n) is 3.07. The third-order valence-electron chi connectivity index (χ3n) is 1.83. The van der Waals surface area contributed by atoms with Gasteiger partial charge in [-0.05, 0) is 23.9 Å². The summed E-state index contributed by atoms with van der Waals surface area (Å²) in [7, 11) is 0. The highest BCUT2D eigenvalue weighted by Gasteiger charge is 2.10. The SMILES string of the molecule is Cc1ccsc1C(=O)CCOCC(F)F. The van der Waals surface area contributed by atoms with Gasteiger partial charge in [0, 0.05) is 6.42 Å². The molecular formula is C10H12F2O2S. The van der Waals surface area contributed by atoms with Gasteiger partial charge >= 0.3 is 0 Å². The first-order valence-corrected chi connectivity index (χ1v) is 5.42. The molecule has 0 spiro atoms. The summed E-state index contributed by atoms with van der Waals surface area (Å²) >= 11 is 1.37. The topological polar surface area (TPSA) is 26.3 Å².